The summed E-state index contributed by atoms with van der Waals surface area (Å²) in [5.74, 6) is 1.75. The Morgan fingerprint density at radius 3 is 2.17 bits per heavy atom. The third-order valence-electron chi connectivity index (χ3n) is 4.80. The Hall–Kier alpha value is -3.25. The Morgan fingerprint density at radius 1 is 0.833 bits per heavy atom. The lowest BCUT2D eigenvalue weighted by molar-refractivity contribution is 0.394. The first-order chi connectivity index (χ1) is 14.7. The van der Waals surface area contributed by atoms with E-state index in [0.717, 1.165) is 5.56 Å². The second-order valence-corrected chi connectivity index (χ2v) is 7.80. The molecule has 0 saturated carbocycles. The molecule has 1 atom stereocenters. The van der Waals surface area contributed by atoms with Gasteiger partial charge in [-0.25, -0.2) is 0 Å². The lowest BCUT2D eigenvalue weighted by atomic mass is 10.0. The second kappa shape index (κ2) is 9.05. The smallest absolute Gasteiger partial charge is 0.277 e. The zero-order valence-electron chi connectivity index (χ0n) is 17.0. The summed E-state index contributed by atoms with van der Waals surface area (Å²) in [5, 5.41) is 9.09. The molecule has 6 heteroatoms. The van der Waals surface area contributed by atoms with Crippen LogP contribution < -0.4 is 9.47 Å². The van der Waals surface area contributed by atoms with Crippen molar-refractivity contribution in [3.05, 3.63) is 89.5 Å². The normalized spacial score (nSPS) is 11.8. The van der Waals surface area contributed by atoms with Crippen molar-refractivity contribution in [1.29, 1.82) is 0 Å². The van der Waals surface area contributed by atoms with Crippen molar-refractivity contribution in [2.75, 3.05) is 14.2 Å². The van der Waals surface area contributed by atoms with Crippen molar-refractivity contribution in [1.82, 2.24) is 10.2 Å². The van der Waals surface area contributed by atoms with Crippen LogP contribution in [0.25, 0.3) is 11.5 Å². The second-order valence-electron chi connectivity index (χ2n) is 6.74. The molecule has 152 valence electrons. The molecule has 0 amide bonds. The molecule has 0 aliphatic carbocycles. The van der Waals surface area contributed by atoms with Gasteiger partial charge in [0, 0.05) is 11.6 Å². The number of aromatic nitrogens is 2. The number of thioether (sulfide) groups is 1. The van der Waals surface area contributed by atoms with E-state index in [-0.39, 0.29) is 5.25 Å². The Labute approximate surface area is 180 Å². The van der Waals surface area contributed by atoms with Crippen LogP contribution in [0, 0.1) is 6.92 Å². The van der Waals surface area contributed by atoms with E-state index in [9.17, 15) is 0 Å². The van der Waals surface area contributed by atoms with Crippen molar-refractivity contribution in [3.63, 3.8) is 0 Å². The van der Waals surface area contributed by atoms with E-state index in [1.807, 2.05) is 36.4 Å². The summed E-state index contributed by atoms with van der Waals surface area (Å²) in [4.78, 5) is 0. The van der Waals surface area contributed by atoms with Crippen molar-refractivity contribution >= 4 is 11.8 Å². The number of hydrogen-bond acceptors (Lipinski definition) is 6. The topological polar surface area (TPSA) is 57.4 Å². The van der Waals surface area contributed by atoms with Crippen LogP contribution in [0.4, 0.5) is 0 Å². The molecular weight excluding hydrogens is 396 g/mol. The molecule has 1 unspecified atom stereocenters. The van der Waals surface area contributed by atoms with Gasteiger partial charge < -0.3 is 13.9 Å². The summed E-state index contributed by atoms with van der Waals surface area (Å²) in [6, 6.07) is 24.2. The van der Waals surface area contributed by atoms with Gasteiger partial charge in [-0.1, -0.05) is 66.4 Å². The van der Waals surface area contributed by atoms with Gasteiger partial charge in [-0.3, -0.25) is 0 Å². The first-order valence-electron chi connectivity index (χ1n) is 9.52. The van der Waals surface area contributed by atoms with Crippen molar-refractivity contribution in [2.24, 2.45) is 0 Å². The van der Waals surface area contributed by atoms with E-state index >= 15 is 0 Å². The fraction of sp³-hybridized carbons (Fsp3) is 0.167. The van der Waals surface area contributed by atoms with E-state index < -0.39 is 0 Å². The third-order valence-corrected chi connectivity index (χ3v) is 5.93. The molecule has 4 aromatic rings. The Kier molecular flexibility index (Phi) is 6.05. The van der Waals surface area contributed by atoms with Gasteiger partial charge in [0.05, 0.1) is 19.5 Å². The van der Waals surface area contributed by atoms with Crippen LogP contribution >= 0.6 is 11.8 Å². The standard InChI is InChI=1S/C24H22N2O3S/c1-16-9-7-8-12-21(16)22(17-10-5-4-6-11-17)30-24-26-25-23(29-24)18-13-19(27-2)15-20(14-18)28-3/h4-15,22H,1-3H3. The van der Waals surface area contributed by atoms with Crippen LogP contribution in [0.5, 0.6) is 11.5 Å². The third kappa shape index (κ3) is 4.33. The molecule has 0 bridgehead atoms. The average Bonchev–Trinajstić information content (AvgIpc) is 3.27. The maximum absolute atomic E-state index is 6.01. The maximum atomic E-state index is 6.01. The summed E-state index contributed by atoms with van der Waals surface area (Å²) in [6.07, 6.45) is 0. The molecule has 3 aromatic carbocycles. The summed E-state index contributed by atoms with van der Waals surface area (Å²) < 4.78 is 16.7. The minimum Gasteiger partial charge on any atom is -0.497 e. The van der Waals surface area contributed by atoms with Gasteiger partial charge in [0.1, 0.15) is 11.5 Å². The highest BCUT2D eigenvalue weighted by Gasteiger charge is 2.21. The number of hydrogen-bond donors (Lipinski definition) is 0. The lowest BCUT2D eigenvalue weighted by Gasteiger charge is -2.17. The zero-order chi connectivity index (χ0) is 20.9. The monoisotopic (exact) mass is 418 g/mol. The predicted octanol–water partition coefficient (Wildman–Crippen LogP) is 5.94. The first-order valence-corrected chi connectivity index (χ1v) is 10.4. The maximum Gasteiger partial charge on any atom is 0.277 e. The fourth-order valence-corrected chi connectivity index (χ4v) is 4.33. The van der Waals surface area contributed by atoms with Gasteiger partial charge in [0.25, 0.3) is 5.22 Å². The number of aryl methyl sites for hydroxylation is 1. The summed E-state index contributed by atoms with van der Waals surface area (Å²) >= 11 is 1.54. The van der Waals surface area contributed by atoms with E-state index in [1.54, 1.807) is 32.0 Å². The van der Waals surface area contributed by atoms with Crippen LogP contribution in [0.15, 0.2) is 82.4 Å². The minimum absolute atomic E-state index is 0.0422. The molecule has 0 N–H and O–H groups in total. The SMILES string of the molecule is COc1cc(OC)cc(-c2nnc(SC(c3ccccc3)c3ccccc3C)o2)c1. The molecule has 0 aliphatic heterocycles. The summed E-state index contributed by atoms with van der Waals surface area (Å²) in [5.41, 5.74) is 4.37. The highest BCUT2D eigenvalue weighted by Crippen LogP contribution is 2.42. The number of benzene rings is 3. The van der Waals surface area contributed by atoms with Gasteiger partial charge in [-0.15, -0.1) is 10.2 Å². The number of rotatable bonds is 7. The number of ether oxygens (including phenoxy) is 2. The quantitative estimate of drug-likeness (QED) is 0.346. The van der Waals surface area contributed by atoms with Crippen molar-refractivity contribution < 1.29 is 13.9 Å². The van der Waals surface area contributed by atoms with Crippen molar-refractivity contribution in [3.8, 4) is 23.0 Å². The van der Waals surface area contributed by atoms with Crippen LogP contribution in [-0.4, -0.2) is 24.4 Å². The first kappa shape index (κ1) is 20.0. The Balaban J connectivity index is 1.68. The highest BCUT2D eigenvalue weighted by molar-refractivity contribution is 7.99. The predicted molar refractivity (Wildman–Crippen MR) is 118 cm³/mol. The summed E-state index contributed by atoms with van der Waals surface area (Å²) in [6.45, 7) is 2.12. The van der Waals surface area contributed by atoms with E-state index in [1.165, 1.54) is 16.7 Å². The highest BCUT2D eigenvalue weighted by atomic mass is 32.2. The van der Waals surface area contributed by atoms with Crippen LogP contribution in [0.3, 0.4) is 0 Å². The fourth-order valence-electron chi connectivity index (χ4n) is 3.23. The molecule has 5 nitrogen and oxygen atoms in total. The molecule has 1 aromatic heterocycles. The molecule has 0 radical (unpaired) electrons. The minimum atomic E-state index is 0.0422. The molecule has 4 rings (SSSR count). The van der Waals surface area contributed by atoms with Gasteiger partial charge in [-0.05, 0) is 35.7 Å². The summed E-state index contributed by atoms with van der Waals surface area (Å²) in [7, 11) is 3.22. The van der Waals surface area contributed by atoms with Crippen molar-refractivity contribution in [2.45, 2.75) is 17.4 Å². The lowest BCUT2D eigenvalue weighted by Crippen LogP contribution is -1.99. The van der Waals surface area contributed by atoms with E-state index in [0.29, 0.717) is 22.6 Å². The molecule has 0 saturated heterocycles. The molecule has 1 heterocycles. The van der Waals surface area contributed by atoms with E-state index in [2.05, 4.69) is 47.5 Å². The van der Waals surface area contributed by atoms with Crippen LogP contribution in [0.2, 0.25) is 0 Å². The number of nitrogens with zero attached hydrogens (tertiary/aromatic N) is 2. The molecule has 0 aliphatic rings. The molecule has 0 fully saturated rings. The number of methoxy groups -OCH3 is 2. The van der Waals surface area contributed by atoms with Gasteiger partial charge in [0.2, 0.25) is 5.89 Å². The molecule has 30 heavy (non-hydrogen) atoms. The van der Waals surface area contributed by atoms with Gasteiger partial charge in [0.15, 0.2) is 0 Å². The Morgan fingerprint density at radius 2 is 1.50 bits per heavy atom. The largest absolute Gasteiger partial charge is 0.497 e. The average molecular weight is 419 g/mol. The van der Waals surface area contributed by atoms with Gasteiger partial charge in [-0.2, -0.15) is 0 Å². The van der Waals surface area contributed by atoms with Gasteiger partial charge >= 0.3 is 0 Å². The Bertz CT molecular complexity index is 1110. The zero-order valence-corrected chi connectivity index (χ0v) is 17.8. The van der Waals surface area contributed by atoms with Crippen LogP contribution in [0.1, 0.15) is 21.9 Å². The van der Waals surface area contributed by atoms with E-state index in [4.69, 9.17) is 13.9 Å². The molecular formula is C24H22N2O3S. The van der Waals surface area contributed by atoms with Crippen LogP contribution in [-0.2, 0) is 0 Å². The molecule has 0 spiro atoms.